The molecule has 0 unspecified atom stereocenters. The lowest BCUT2D eigenvalue weighted by Gasteiger charge is -2.04. The average molecular weight is 166 g/mol. The van der Waals surface area contributed by atoms with Crippen molar-refractivity contribution in [2.75, 3.05) is 6.54 Å². The normalized spacial score (nSPS) is 19.5. The first-order chi connectivity index (χ1) is 5.80. The Morgan fingerprint density at radius 3 is 2.75 bits per heavy atom. The molecule has 1 aromatic rings. The van der Waals surface area contributed by atoms with E-state index < -0.39 is 0 Å². The predicted octanol–water partition coefficient (Wildman–Crippen LogP) is 0.357. The zero-order valence-electron chi connectivity index (χ0n) is 7.30. The lowest BCUT2D eigenvalue weighted by atomic mass is 10.1. The summed E-state index contributed by atoms with van der Waals surface area (Å²) in [5.74, 6) is 1.88. The van der Waals surface area contributed by atoms with Gasteiger partial charge in [0.15, 0.2) is 5.82 Å². The van der Waals surface area contributed by atoms with Gasteiger partial charge in [-0.25, -0.2) is 4.98 Å². The molecule has 3 N–H and O–H groups in total. The third kappa shape index (κ3) is 1.03. The van der Waals surface area contributed by atoms with Gasteiger partial charge in [0.1, 0.15) is 5.82 Å². The standard InChI is InChI=1S/C8H14N4/c1-2-6-10-7(12-11-6)8(5-9)3-4-8/h2-5,9H2,1H3,(H,10,11,12). The summed E-state index contributed by atoms with van der Waals surface area (Å²) in [6, 6.07) is 0. The minimum absolute atomic E-state index is 0.129. The highest BCUT2D eigenvalue weighted by Crippen LogP contribution is 2.45. The van der Waals surface area contributed by atoms with Crippen molar-refractivity contribution in [2.45, 2.75) is 31.6 Å². The van der Waals surface area contributed by atoms with Gasteiger partial charge >= 0.3 is 0 Å². The maximum Gasteiger partial charge on any atom is 0.158 e. The summed E-state index contributed by atoms with van der Waals surface area (Å²) in [4.78, 5) is 4.39. The third-order valence-electron chi connectivity index (χ3n) is 2.59. The van der Waals surface area contributed by atoms with Crippen molar-refractivity contribution in [1.29, 1.82) is 0 Å². The SMILES string of the molecule is CCc1nc(C2(CN)CC2)n[nH]1. The van der Waals surface area contributed by atoms with Crippen LogP contribution in [-0.2, 0) is 11.8 Å². The molecule has 0 amide bonds. The Hall–Kier alpha value is -0.900. The van der Waals surface area contributed by atoms with E-state index in [2.05, 4.69) is 22.1 Å². The lowest BCUT2D eigenvalue weighted by Crippen LogP contribution is -2.21. The number of hydrogen-bond acceptors (Lipinski definition) is 3. The molecule has 0 aromatic carbocycles. The molecule has 1 aromatic heterocycles. The maximum atomic E-state index is 5.66. The molecule has 1 saturated carbocycles. The predicted molar refractivity (Wildman–Crippen MR) is 45.7 cm³/mol. The highest BCUT2D eigenvalue weighted by atomic mass is 15.2. The number of hydrogen-bond donors (Lipinski definition) is 2. The quantitative estimate of drug-likeness (QED) is 0.681. The van der Waals surface area contributed by atoms with Gasteiger partial charge in [0.05, 0.1) is 0 Å². The van der Waals surface area contributed by atoms with E-state index >= 15 is 0 Å². The highest BCUT2D eigenvalue weighted by molar-refractivity contribution is 5.18. The van der Waals surface area contributed by atoms with Gasteiger partial charge in [0.2, 0.25) is 0 Å². The Bertz CT molecular complexity index is 274. The van der Waals surface area contributed by atoms with E-state index in [4.69, 9.17) is 5.73 Å². The Morgan fingerprint density at radius 1 is 1.58 bits per heavy atom. The zero-order chi connectivity index (χ0) is 8.60. The fraction of sp³-hybridized carbons (Fsp3) is 0.750. The van der Waals surface area contributed by atoms with Crippen LogP contribution in [0.4, 0.5) is 0 Å². The molecule has 0 atom stereocenters. The van der Waals surface area contributed by atoms with Gasteiger partial charge in [-0.05, 0) is 12.8 Å². The molecular formula is C8H14N4. The molecule has 66 valence electrons. The number of nitrogens with one attached hydrogen (secondary N) is 1. The van der Waals surface area contributed by atoms with E-state index in [9.17, 15) is 0 Å². The molecule has 0 saturated heterocycles. The van der Waals surface area contributed by atoms with E-state index in [1.165, 1.54) is 0 Å². The summed E-state index contributed by atoms with van der Waals surface area (Å²) in [7, 11) is 0. The Morgan fingerprint density at radius 2 is 2.33 bits per heavy atom. The van der Waals surface area contributed by atoms with E-state index in [-0.39, 0.29) is 5.41 Å². The molecule has 1 heterocycles. The second kappa shape index (κ2) is 2.55. The first-order valence-electron chi connectivity index (χ1n) is 4.42. The highest BCUT2D eigenvalue weighted by Gasteiger charge is 2.46. The molecule has 0 bridgehead atoms. The molecular weight excluding hydrogens is 152 g/mol. The molecule has 1 aliphatic carbocycles. The van der Waals surface area contributed by atoms with Gasteiger partial charge in [-0.1, -0.05) is 6.92 Å². The van der Waals surface area contributed by atoms with Crippen LogP contribution in [0.3, 0.4) is 0 Å². The summed E-state index contributed by atoms with van der Waals surface area (Å²) >= 11 is 0. The number of rotatable bonds is 3. The summed E-state index contributed by atoms with van der Waals surface area (Å²) in [6.07, 6.45) is 3.20. The Kier molecular flexibility index (Phi) is 1.65. The zero-order valence-corrected chi connectivity index (χ0v) is 7.30. The number of nitrogens with two attached hydrogens (primary N) is 1. The minimum atomic E-state index is 0.129. The van der Waals surface area contributed by atoms with Crippen LogP contribution in [0.2, 0.25) is 0 Å². The van der Waals surface area contributed by atoms with Crippen LogP contribution < -0.4 is 5.73 Å². The van der Waals surface area contributed by atoms with Gasteiger partial charge in [-0.3, -0.25) is 5.10 Å². The number of aryl methyl sites for hydroxylation is 1. The molecule has 0 aliphatic heterocycles. The van der Waals surface area contributed by atoms with Crippen LogP contribution in [0.5, 0.6) is 0 Å². The maximum absolute atomic E-state index is 5.66. The molecule has 0 spiro atoms. The van der Waals surface area contributed by atoms with Crippen LogP contribution in [0.1, 0.15) is 31.4 Å². The second-order valence-electron chi connectivity index (χ2n) is 3.44. The van der Waals surface area contributed by atoms with Gasteiger partial charge in [-0.15, -0.1) is 0 Å². The molecule has 12 heavy (non-hydrogen) atoms. The topological polar surface area (TPSA) is 67.6 Å². The van der Waals surface area contributed by atoms with Crippen molar-refractivity contribution in [1.82, 2.24) is 15.2 Å². The van der Waals surface area contributed by atoms with Crippen LogP contribution in [0, 0.1) is 0 Å². The monoisotopic (exact) mass is 166 g/mol. The Labute approximate surface area is 71.6 Å². The molecule has 4 heteroatoms. The van der Waals surface area contributed by atoms with Crippen LogP contribution in [0.15, 0.2) is 0 Å². The summed E-state index contributed by atoms with van der Waals surface area (Å²) in [6.45, 7) is 2.74. The van der Waals surface area contributed by atoms with E-state index in [0.29, 0.717) is 6.54 Å². The van der Waals surface area contributed by atoms with Crippen LogP contribution >= 0.6 is 0 Å². The van der Waals surface area contributed by atoms with E-state index in [1.54, 1.807) is 0 Å². The fourth-order valence-corrected chi connectivity index (χ4v) is 1.36. The number of nitrogens with zero attached hydrogens (tertiary/aromatic N) is 2. The molecule has 4 nitrogen and oxygen atoms in total. The summed E-state index contributed by atoms with van der Waals surface area (Å²) < 4.78 is 0. The van der Waals surface area contributed by atoms with Gasteiger partial charge in [0, 0.05) is 18.4 Å². The Balaban J connectivity index is 2.23. The third-order valence-corrected chi connectivity index (χ3v) is 2.59. The molecule has 1 aliphatic rings. The van der Waals surface area contributed by atoms with E-state index in [0.717, 1.165) is 30.9 Å². The average Bonchev–Trinajstić information content (AvgIpc) is 2.77. The molecule has 0 radical (unpaired) electrons. The largest absolute Gasteiger partial charge is 0.329 e. The molecule has 2 rings (SSSR count). The summed E-state index contributed by atoms with van der Waals surface area (Å²) in [5.41, 5.74) is 5.79. The van der Waals surface area contributed by atoms with Crippen molar-refractivity contribution >= 4 is 0 Å². The number of H-pyrrole nitrogens is 1. The minimum Gasteiger partial charge on any atom is -0.329 e. The number of aromatic amines is 1. The lowest BCUT2D eigenvalue weighted by molar-refractivity contribution is 0.652. The van der Waals surface area contributed by atoms with Crippen molar-refractivity contribution in [3.05, 3.63) is 11.6 Å². The molecule has 1 fully saturated rings. The van der Waals surface area contributed by atoms with Gasteiger partial charge < -0.3 is 5.73 Å². The first-order valence-corrected chi connectivity index (χ1v) is 4.42. The van der Waals surface area contributed by atoms with Crippen molar-refractivity contribution in [2.24, 2.45) is 5.73 Å². The van der Waals surface area contributed by atoms with Crippen LogP contribution in [0.25, 0.3) is 0 Å². The van der Waals surface area contributed by atoms with Crippen molar-refractivity contribution in [3.8, 4) is 0 Å². The van der Waals surface area contributed by atoms with Gasteiger partial charge in [-0.2, -0.15) is 5.10 Å². The van der Waals surface area contributed by atoms with Crippen LogP contribution in [-0.4, -0.2) is 21.7 Å². The second-order valence-corrected chi connectivity index (χ2v) is 3.44. The smallest absolute Gasteiger partial charge is 0.158 e. The van der Waals surface area contributed by atoms with E-state index in [1.807, 2.05) is 0 Å². The van der Waals surface area contributed by atoms with Crippen molar-refractivity contribution in [3.63, 3.8) is 0 Å². The first kappa shape index (κ1) is 7.73. The number of aromatic nitrogens is 3. The fourth-order valence-electron chi connectivity index (χ4n) is 1.36. The van der Waals surface area contributed by atoms with Crippen molar-refractivity contribution < 1.29 is 0 Å². The van der Waals surface area contributed by atoms with Gasteiger partial charge in [0.25, 0.3) is 0 Å². The summed E-state index contributed by atoms with van der Waals surface area (Å²) in [5, 5.41) is 7.10.